The number of carbonyl (C=O) groups is 1. The van der Waals surface area contributed by atoms with Crippen LogP contribution >= 0.6 is 23.5 Å². The van der Waals surface area contributed by atoms with Gasteiger partial charge in [-0.3, -0.25) is 14.2 Å². The maximum absolute atomic E-state index is 13.3. The maximum Gasteiger partial charge on any atom is 0.266 e. The molecule has 5 nitrogen and oxygen atoms in total. The molecule has 4 aromatic rings. The van der Waals surface area contributed by atoms with Gasteiger partial charge in [-0.25, -0.2) is 4.98 Å². The van der Waals surface area contributed by atoms with Crippen LogP contribution in [0.25, 0.3) is 16.6 Å². The van der Waals surface area contributed by atoms with Crippen LogP contribution in [0.5, 0.6) is 0 Å². The van der Waals surface area contributed by atoms with Gasteiger partial charge in [0.15, 0.2) is 5.16 Å². The summed E-state index contributed by atoms with van der Waals surface area (Å²) in [6.07, 6.45) is 1.97. The molecule has 31 heavy (non-hydrogen) atoms. The highest BCUT2D eigenvalue weighted by Gasteiger charge is 2.15. The summed E-state index contributed by atoms with van der Waals surface area (Å²) < 4.78 is 1.58. The van der Waals surface area contributed by atoms with Crippen molar-refractivity contribution in [1.82, 2.24) is 9.55 Å². The summed E-state index contributed by atoms with van der Waals surface area (Å²) in [5.74, 6) is -0.0105. The van der Waals surface area contributed by atoms with Gasteiger partial charge in [0.1, 0.15) is 0 Å². The van der Waals surface area contributed by atoms with Crippen LogP contribution in [0.3, 0.4) is 0 Å². The Labute approximate surface area is 188 Å². The van der Waals surface area contributed by atoms with Crippen LogP contribution in [-0.4, -0.2) is 27.5 Å². The topological polar surface area (TPSA) is 64.0 Å². The molecule has 156 valence electrons. The Balaban J connectivity index is 1.66. The molecule has 4 rings (SSSR count). The number of nitrogens with zero attached hydrogens (tertiary/aromatic N) is 2. The van der Waals surface area contributed by atoms with E-state index >= 15 is 0 Å². The van der Waals surface area contributed by atoms with Gasteiger partial charge in [-0.2, -0.15) is 0 Å². The number of thioether (sulfide) groups is 2. The lowest BCUT2D eigenvalue weighted by Crippen LogP contribution is -2.23. The second-order valence-electron chi connectivity index (χ2n) is 6.92. The van der Waals surface area contributed by atoms with Gasteiger partial charge in [0, 0.05) is 4.90 Å². The van der Waals surface area contributed by atoms with Crippen molar-refractivity contribution in [3.8, 4) is 5.69 Å². The number of aromatic nitrogens is 2. The largest absolute Gasteiger partial charge is 0.324 e. The summed E-state index contributed by atoms with van der Waals surface area (Å²) in [5.41, 5.74) is 3.08. The summed E-state index contributed by atoms with van der Waals surface area (Å²) in [4.78, 5) is 31.6. The zero-order chi connectivity index (χ0) is 21.8. The first-order valence-electron chi connectivity index (χ1n) is 9.71. The first-order valence-corrected chi connectivity index (χ1v) is 11.9. The quantitative estimate of drug-likeness (QED) is 0.327. The minimum absolute atomic E-state index is 0.138. The van der Waals surface area contributed by atoms with Crippen molar-refractivity contribution in [2.75, 3.05) is 17.3 Å². The van der Waals surface area contributed by atoms with Crippen LogP contribution in [0, 0.1) is 6.92 Å². The van der Waals surface area contributed by atoms with E-state index in [4.69, 9.17) is 0 Å². The Hall–Kier alpha value is -3.03. The normalized spacial score (nSPS) is 10.9. The molecule has 7 heteroatoms. The van der Waals surface area contributed by atoms with E-state index in [0.29, 0.717) is 16.1 Å². The highest BCUT2D eigenvalue weighted by molar-refractivity contribution is 7.99. The van der Waals surface area contributed by atoms with Gasteiger partial charge >= 0.3 is 0 Å². The zero-order valence-corrected chi connectivity index (χ0v) is 18.8. The van der Waals surface area contributed by atoms with E-state index in [0.717, 1.165) is 21.8 Å². The van der Waals surface area contributed by atoms with Crippen LogP contribution < -0.4 is 10.9 Å². The lowest BCUT2D eigenvalue weighted by Gasteiger charge is -2.14. The first-order chi connectivity index (χ1) is 15.1. The minimum Gasteiger partial charge on any atom is -0.324 e. The maximum atomic E-state index is 13.3. The number of carbonyl (C=O) groups excluding carboxylic acids is 1. The molecule has 0 radical (unpaired) electrons. The third kappa shape index (κ3) is 4.68. The molecule has 0 spiro atoms. The number of rotatable bonds is 6. The summed E-state index contributed by atoms with van der Waals surface area (Å²) in [6.45, 7) is 2.00. The molecule has 1 amide bonds. The molecule has 0 bridgehead atoms. The summed E-state index contributed by atoms with van der Waals surface area (Å²) in [7, 11) is 0. The molecule has 0 unspecified atom stereocenters. The molecular formula is C24H21N3O2S2. The molecule has 1 aromatic heterocycles. The summed E-state index contributed by atoms with van der Waals surface area (Å²) in [6, 6.07) is 22.6. The second kappa shape index (κ2) is 9.41. The number of hydrogen-bond acceptors (Lipinski definition) is 5. The van der Waals surface area contributed by atoms with Crippen molar-refractivity contribution >= 4 is 46.0 Å². The monoisotopic (exact) mass is 447 g/mol. The number of para-hydroxylation sites is 2. The van der Waals surface area contributed by atoms with Gasteiger partial charge in [0.2, 0.25) is 5.91 Å². The molecule has 1 heterocycles. The standard InChI is InChI=1S/C24H21N3O2S2/c1-16-11-13-17(14-12-16)27-23(29)18-7-3-4-8-19(18)26-24(27)31-15-22(28)25-20-9-5-6-10-21(20)30-2/h3-14H,15H2,1-2H3,(H,25,28). The van der Waals surface area contributed by atoms with Gasteiger partial charge in [-0.05, 0) is 49.6 Å². The number of fused-ring (bicyclic) bond motifs is 1. The van der Waals surface area contributed by atoms with Gasteiger partial charge in [0.05, 0.1) is 28.0 Å². The predicted octanol–water partition coefficient (Wildman–Crippen LogP) is 5.15. The van der Waals surface area contributed by atoms with Crippen LogP contribution in [0.2, 0.25) is 0 Å². The third-order valence-electron chi connectivity index (χ3n) is 4.75. The van der Waals surface area contributed by atoms with Gasteiger partial charge in [-0.15, -0.1) is 11.8 Å². The van der Waals surface area contributed by atoms with Crippen molar-refractivity contribution in [3.63, 3.8) is 0 Å². The Morgan fingerprint density at radius 2 is 1.71 bits per heavy atom. The van der Waals surface area contributed by atoms with E-state index in [1.807, 2.05) is 79.9 Å². The van der Waals surface area contributed by atoms with E-state index in [1.54, 1.807) is 22.4 Å². The van der Waals surface area contributed by atoms with E-state index in [2.05, 4.69) is 10.3 Å². The molecule has 0 aliphatic rings. The van der Waals surface area contributed by atoms with Crippen LogP contribution in [-0.2, 0) is 4.79 Å². The number of aryl methyl sites for hydroxylation is 1. The zero-order valence-electron chi connectivity index (χ0n) is 17.2. The van der Waals surface area contributed by atoms with E-state index < -0.39 is 0 Å². The van der Waals surface area contributed by atoms with Crippen LogP contribution in [0.15, 0.2) is 87.6 Å². The second-order valence-corrected chi connectivity index (χ2v) is 8.72. The average molecular weight is 448 g/mol. The van der Waals surface area contributed by atoms with Gasteiger partial charge in [-0.1, -0.05) is 53.7 Å². The fourth-order valence-corrected chi connectivity index (χ4v) is 4.56. The molecule has 0 fully saturated rings. The van der Waals surface area contributed by atoms with E-state index in [9.17, 15) is 9.59 Å². The molecule has 1 N–H and O–H groups in total. The number of amides is 1. The SMILES string of the molecule is CSc1ccccc1NC(=O)CSc1nc2ccccc2c(=O)n1-c1ccc(C)cc1. The smallest absolute Gasteiger partial charge is 0.266 e. The van der Waals surface area contributed by atoms with Crippen LogP contribution in [0.1, 0.15) is 5.56 Å². The van der Waals surface area contributed by atoms with Crippen molar-refractivity contribution in [1.29, 1.82) is 0 Å². The highest BCUT2D eigenvalue weighted by atomic mass is 32.2. The van der Waals surface area contributed by atoms with E-state index in [-0.39, 0.29) is 17.2 Å². The average Bonchev–Trinajstić information content (AvgIpc) is 2.79. The van der Waals surface area contributed by atoms with Crippen molar-refractivity contribution in [2.24, 2.45) is 0 Å². The highest BCUT2D eigenvalue weighted by Crippen LogP contribution is 2.26. The Bertz CT molecular complexity index is 1300. The summed E-state index contributed by atoms with van der Waals surface area (Å²) in [5, 5.41) is 3.99. The van der Waals surface area contributed by atoms with Gasteiger partial charge < -0.3 is 5.32 Å². The molecule has 3 aromatic carbocycles. The Morgan fingerprint density at radius 3 is 2.48 bits per heavy atom. The fourth-order valence-electron chi connectivity index (χ4n) is 3.19. The Morgan fingerprint density at radius 1 is 1.00 bits per heavy atom. The number of anilines is 1. The van der Waals surface area contributed by atoms with Crippen LogP contribution in [0.4, 0.5) is 5.69 Å². The number of nitrogens with one attached hydrogen (secondary N) is 1. The Kier molecular flexibility index (Phi) is 6.44. The lowest BCUT2D eigenvalue weighted by atomic mass is 10.2. The van der Waals surface area contributed by atoms with Crippen molar-refractivity contribution in [2.45, 2.75) is 17.0 Å². The number of benzene rings is 3. The lowest BCUT2D eigenvalue weighted by molar-refractivity contribution is -0.113. The minimum atomic E-state index is -0.149. The van der Waals surface area contributed by atoms with Gasteiger partial charge in [0.25, 0.3) is 5.56 Å². The molecule has 0 saturated heterocycles. The fraction of sp³-hybridized carbons (Fsp3) is 0.125. The van der Waals surface area contributed by atoms with E-state index in [1.165, 1.54) is 11.8 Å². The molecular weight excluding hydrogens is 426 g/mol. The predicted molar refractivity (Wildman–Crippen MR) is 130 cm³/mol. The van der Waals surface area contributed by atoms with Crippen molar-refractivity contribution < 1.29 is 4.79 Å². The molecule has 0 saturated carbocycles. The number of hydrogen-bond donors (Lipinski definition) is 1. The molecule has 0 aliphatic carbocycles. The first kappa shape index (κ1) is 21.2. The molecule has 0 aliphatic heterocycles. The summed E-state index contributed by atoms with van der Waals surface area (Å²) >= 11 is 2.83. The molecule has 0 atom stereocenters. The van der Waals surface area contributed by atoms with Crippen molar-refractivity contribution in [3.05, 3.63) is 88.7 Å². The third-order valence-corrected chi connectivity index (χ3v) is 6.48.